The molecule has 0 aliphatic carbocycles. The van der Waals surface area contributed by atoms with E-state index in [0.717, 1.165) is 5.56 Å². The van der Waals surface area contributed by atoms with Gasteiger partial charge >= 0.3 is 5.97 Å². The highest BCUT2D eigenvalue weighted by atomic mass is 16.4. The van der Waals surface area contributed by atoms with Crippen molar-refractivity contribution in [2.75, 3.05) is 12.8 Å². The first-order chi connectivity index (χ1) is 14.9. The zero-order chi connectivity index (χ0) is 22.7. The minimum absolute atomic E-state index is 0.0783. The van der Waals surface area contributed by atoms with Gasteiger partial charge in [0, 0.05) is 11.6 Å². The van der Waals surface area contributed by atoms with Gasteiger partial charge in [0.1, 0.15) is 17.1 Å². The number of fused-ring (bicyclic) bond motifs is 1. The van der Waals surface area contributed by atoms with Gasteiger partial charge in [0.15, 0.2) is 6.29 Å². The van der Waals surface area contributed by atoms with Crippen LogP contribution < -0.4 is 11.5 Å². The average molecular weight is 418 g/mol. The zero-order valence-corrected chi connectivity index (χ0v) is 17.0. The molecule has 0 spiro atoms. The van der Waals surface area contributed by atoms with Gasteiger partial charge in [-0.1, -0.05) is 18.2 Å². The molecule has 0 amide bonds. The van der Waals surface area contributed by atoms with E-state index in [2.05, 4.69) is 10.7 Å². The molecule has 0 unspecified atom stereocenters. The summed E-state index contributed by atoms with van der Waals surface area (Å²) >= 11 is 0. The van der Waals surface area contributed by atoms with Crippen molar-refractivity contribution in [3.8, 4) is 22.7 Å². The summed E-state index contributed by atoms with van der Waals surface area (Å²) in [5.41, 5.74) is 14.8. The summed E-state index contributed by atoms with van der Waals surface area (Å²) in [7, 11) is 1.50. The van der Waals surface area contributed by atoms with Crippen molar-refractivity contribution in [2.24, 2.45) is 5.73 Å². The number of rotatable bonds is 4. The molecular formula is C23H22N4O4. The third-order valence-corrected chi connectivity index (χ3v) is 4.84. The van der Waals surface area contributed by atoms with E-state index in [1.165, 1.54) is 19.2 Å². The van der Waals surface area contributed by atoms with E-state index < -0.39 is 5.97 Å². The predicted octanol–water partition coefficient (Wildman–Crippen LogP) is 3.37. The maximum atomic E-state index is 11.8. The van der Waals surface area contributed by atoms with Crippen LogP contribution in [0.4, 0.5) is 5.82 Å². The lowest BCUT2D eigenvalue weighted by Crippen LogP contribution is -2.03. The molecule has 8 nitrogen and oxygen atoms in total. The summed E-state index contributed by atoms with van der Waals surface area (Å²) in [6.45, 7) is 1.87. The van der Waals surface area contributed by atoms with Crippen LogP contribution >= 0.6 is 0 Å². The van der Waals surface area contributed by atoms with Gasteiger partial charge in [0.2, 0.25) is 0 Å². The number of phenolic OH excluding ortho intramolecular Hbond substituents is 1. The molecule has 2 aromatic heterocycles. The Balaban J connectivity index is 0.00000132. The first-order valence-corrected chi connectivity index (χ1v) is 9.38. The summed E-state index contributed by atoms with van der Waals surface area (Å²) in [4.78, 5) is 27.6. The number of carbonyl (C=O) groups excluding carboxylic acids is 1. The van der Waals surface area contributed by atoms with Crippen LogP contribution in [0.2, 0.25) is 0 Å². The summed E-state index contributed by atoms with van der Waals surface area (Å²) < 4.78 is 1.68. The number of phenols is 1. The maximum Gasteiger partial charge on any atom is 0.335 e. The number of nitrogens with zero attached hydrogens (tertiary/aromatic N) is 2. The van der Waals surface area contributed by atoms with Crippen LogP contribution in [0.15, 0.2) is 54.6 Å². The number of carbonyl (C=O) groups is 2. The van der Waals surface area contributed by atoms with Crippen LogP contribution in [0.25, 0.3) is 28.0 Å². The lowest BCUT2D eigenvalue weighted by atomic mass is 10.1. The van der Waals surface area contributed by atoms with Gasteiger partial charge in [-0.2, -0.15) is 0 Å². The fourth-order valence-corrected chi connectivity index (χ4v) is 3.39. The molecule has 2 aromatic carbocycles. The number of carboxylic acids is 1. The molecule has 0 fully saturated rings. The van der Waals surface area contributed by atoms with E-state index in [9.17, 15) is 19.8 Å². The minimum atomic E-state index is -1.03. The van der Waals surface area contributed by atoms with Gasteiger partial charge in [-0.05, 0) is 49.9 Å². The number of hydrogen-bond donors (Lipinski definition) is 4. The van der Waals surface area contributed by atoms with Gasteiger partial charge in [0.05, 0.1) is 28.0 Å². The number of hydrogen-bond acceptors (Lipinski definition) is 6. The molecule has 0 aliphatic heterocycles. The Morgan fingerprint density at radius 1 is 1.10 bits per heavy atom. The van der Waals surface area contributed by atoms with Crippen LogP contribution in [0.1, 0.15) is 26.3 Å². The second-order valence-electron chi connectivity index (χ2n) is 6.67. The van der Waals surface area contributed by atoms with Crippen molar-refractivity contribution in [2.45, 2.75) is 6.92 Å². The SMILES string of the molecule is CN.Cc1ccc(O)cc1-n1c(N)c(C=O)c2nc(-c3cccc(C(=O)O)c3)ccc21. The van der Waals surface area contributed by atoms with Gasteiger partial charge in [-0.15, -0.1) is 0 Å². The van der Waals surface area contributed by atoms with Crippen molar-refractivity contribution in [3.05, 3.63) is 71.3 Å². The first-order valence-electron chi connectivity index (χ1n) is 9.38. The van der Waals surface area contributed by atoms with Gasteiger partial charge in [-0.25, -0.2) is 9.78 Å². The Bertz CT molecular complexity index is 1290. The number of aryl methyl sites for hydroxylation is 1. The lowest BCUT2D eigenvalue weighted by molar-refractivity contribution is 0.0696. The number of anilines is 1. The molecule has 0 bridgehead atoms. The van der Waals surface area contributed by atoms with E-state index in [0.29, 0.717) is 34.3 Å². The minimum Gasteiger partial charge on any atom is -0.508 e. The topological polar surface area (TPSA) is 144 Å². The molecule has 4 rings (SSSR count). The number of aromatic hydroxyl groups is 1. The van der Waals surface area contributed by atoms with Crippen molar-refractivity contribution in [3.63, 3.8) is 0 Å². The third kappa shape index (κ3) is 3.84. The number of aromatic carboxylic acids is 1. The molecule has 0 atom stereocenters. The van der Waals surface area contributed by atoms with E-state index >= 15 is 0 Å². The molecule has 4 aromatic rings. The lowest BCUT2D eigenvalue weighted by Gasteiger charge is -2.12. The quantitative estimate of drug-likeness (QED) is 0.372. The fourth-order valence-electron chi connectivity index (χ4n) is 3.39. The zero-order valence-electron chi connectivity index (χ0n) is 17.0. The standard InChI is InChI=1S/C22H17N3O4.CH5N/c1-12-5-6-15(27)10-19(12)25-18-8-7-17(24-20(18)16(11-26)21(25)23)13-3-2-4-14(9-13)22(28)29;1-2/h2-11,27H,23H2,1H3,(H,28,29);2H2,1H3. The van der Waals surface area contributed by atoms with Crippen molar-refractivity contribution in [1.29, 1.82) is 0 Å². The Morgan fingerprint density at radius 2 is 1.84 bits per heavy atom. The van der Waals surface area contributed by atoms with Crippen LogP contribution in [0, 0.1) is 6.92 Å². The molecular weight excluding hydrogens is 396 g/mol. The Labute approximate surface area is 178 Å². The Morgan fingerprint density at radius 3 is 2.52 bits per heavy atom. The van der Waals surface area contributed by atoms with Crippen LogP contribution in [-0.4, -0.2) is 39.1 Å². The van der Waals surface area contributed by atoms with Crippen LogP contribution in [0.3, 0.4) is 0 Å². The molecule has 0 saturated heterocycles. The number of aromatic nitrogens is 2. The highest BCUT2D eigenvalue weighted by molar-refractivity contribution is 6.03. The third-order valence-electron chi connectivity index (χ3n) is 4.84. The Kier molecular flexibility index (Phi) is 6.03. The highest BCUT2D eigenvalue weighted by Crippen LogP contribution is 2.33. The predicted molar refractivity (Wildman–Crippen MR) is 120 cm³/mol. The summed E-state index contributed by atoms with van der Waals surface area (Å²) in [5.74, 6) is -0.738. The Hall–Kier alpha value is -4.17. The van der Waals surface area contributed by atoms with E-state index in [1.54, 1.807) is 47.0 Å². The molecule has 0 radical (unpaired) electrons. The van der Waals surface area contributed by atoms with Crippen LogP contribution in [0.5, 0.6) is 5.75 Å². The molecule has 31 heavy (non-hydrogen) atoms. The number of carboxylic acid groups (broad SMARTS) is 1. The van der Waals surface area contributed by atoms with Crippen molar-refractivity contribution in [1.82, 2.24) is 9.55 Å². The van der Waals surface area contributed by atoms with E-state index in [4.69, 9.17) is 5.73 Å². The monoisotopic (exact) mass is 418 g/mol. The number of pyridine rings is 1. The summed E-state index contributed by atoms with van der Waals surface area (Å²) in [5, 5.41) is 19.1. The molecule has 2 heterocycles. The largest absolute Gasteiger partial charge is 0.508 e. The second kappa shape index (κ2) is 8.68. The molecule has 0 aliphatic rings. The summed E-state index contributed by atoms with van der Waals surface area (Å²) in [6.07, 6.45) is 0.650. The molecule has 6 N–H and O–H groups in total. The van der Waals surface area contributed by atoms with Crippen molar-refractivity contribution >= 4 is 29.1 Å². The first kappa shape index (κ1) is 21.5. The van der Waals surface area contributed by atoms with E-state index in [1.807, 2.05) is 6.92 Å². The van der Waals surface area contributed by atoms with Gasteiger partial charge < -0.3 is 21.7 Å². The number of aldehydes is 1. The average Bonchev–Trinajstić information content (AvgIpc) is 3.07. The number of benzene rings is 2. The second-order valence-corrected chi connectivity index (χ2v) is 6.67. The molecule has 0 saturated carbocycles. The van der Waals surface area contributed by atoms with E-state index in [-0.39, 0.29) is 22.7 Å². The normalized spacial score (nSPS) is 10.4. The number of nitrogens with two attached hydrogens (primary N) is 2. The fraction of sp³-hybridized carbons (Fsp3) is 0.0870. The van der Waals surface area contributed by atoms with Gasteiger partial charge in [-0.3, -0.25) is 9.36 Å². The molecule has 158 valence electrons. The highest BCUT2D eigenvalue weighted by Gasteiger charge is 2.19. The van der Waals surface area contributed by atoms with Crippen LogP contribution in [-0.2, 0) is 0 Å². The molecule has 8 heteroatoms. The van der Waals surface area contributed by atoms with Crippen molar-refractivity contribution < 1.29 is 19.8 Å². The smallest absolute Gasteiger partial charge is 0.335 e. The van der Waals surface area contributed by atoms with Gasteiger partial charge in [0.25, 0.3) is 0 Å². The number of nitrogen functional groups attached to an aromatic ring is 1. The maximum absolute atomic E-state index is 11.8. The summed E-state index contributed by atoms with van der Waals surface area (Å²) in [6, 6.07) is 14.8.